The van der Waals surface area contributed by atoms with Crippen molar-refractivity contribution in [2.24, 2.45) is 0 Å². The summed E-state index contributed by atoms with van der Waals surface area (Å²) in [5.74, 6) is 0.452. The molecule has 1 aromatic carbocycles. The maximum absolute atomic E-state index is 11.8. The summed E-state index contributed by atoms with van der Waals surface area (Å²) in [5.41, 5.74) is 1.12. The van der Waals surface area contributed by atoms with Crippen molar-refractivity contribution in [2.75, 3.05) is 0 Å². The number of carbonyl (C=O) groups is 1. The van der Waals surface area contributed by atoms with E-state index in [1.807, 2.05) is 31.2 Å². The van der Waals surface area contributed by atoms with Gasteiger partial charge in [-0.25, -0.2) is 0 Å². The van der Waals surface area contributed by atoms with Gasteiger partial charge in [-0.3, -0.25) is 4.79 Å². The fourth-order valence-corrected chi connectivity index (χ4v) is 2.13. The molecule has 2 aromatic rings. The summed E-state index contributed by atoms with van der Waals surface area (Å²) < 4.78 is 1.02. The number of nitrogens with zero attached hydrogens (tertiary/aromatic N) is 3. The molecule has 100 valence electrons. The van der Waals surface area contributed by atoms with Crippen LogP contribution in [0.1, 0.15) is 30.8 Å². The SMILES string of the molecule is CC(NC(=O)CCc1cccc(Br)c1)c1nn[nH]n1. The molecule has 0 bridgehead atoms. The van der Waals surface area contributed by atoms with Crippen LogP contribution >= 0.6 is 15.9 Å². The zero-order valence-corrected chi connectivity index (χ0v) is 12.0. The Morgan fingerprint density at radius 3 is 3.05 bits per heavy atom. The molecule has 1 amide bonds. The minimum Gasteiger partial charge on any atom is -0.346 e. The van der Waals surface area contributed by atoms with Gasteiger partial charge in [-0.1, -0.05) is 33.3 Å². The van der Waals surface area contributed by atoms with E-state index in [9.17, 15) is 4.79 Å². The zero-order chi connectivity index (χ0) is 13.7. The molecule has 2 rings (SSSR count). The Balaban J connectivity index is 1.82. The average Bonchev–Trinajstić information content (AvgIpc) is 2.90. The van der Waals surface area contributed by atoms with E-state index in [0.717, 1.165) is 10.0 Å². The monoisotopic (exact) mass is 323 g/mol. The Bertz CT molecular complexity index is 543. The van der Waals surface area contributed by atoms with Gasteiger partial charge in [0.05, 0.1) is 6.04 Å². The number of aryl methyl sites for hydroxylation is 1. The Morgan fingerprint density at radius 2 is 2.37 bits per heavy atom. The molecule has 19 heavy (non-hydrogen) atoms. The Labute approximate surface area is 119 Å². The maximum Gasteiger partial charge on any atom is 0.220 e. The van der Waals surface area contributed by atoms with Crippen molar-refractivity contribution in [2.45, 2.75) is 25.8 Å². The molecule has 0 saturated heterocycles. The third kappa shape index (κ3) is 4.13. The largest absolute Gasteiger partial charge is 0.346 e. The first kappa shape index (κ1) is 13.7. The van der Waals surface area contributed by atoms with E-state index in [2.05, 4.69) is 41.9 Å². The second kappa shape index (κ2) is 6.42. The maximum atomic E-state index is 11.8. The number of tetrazole rings is 1. The van der Waals surface area contributed by atoms with Crippen LogP contribution in [0.3, 0.4) is 0 Å². The van der Waals surface area contributed by atoms with Crippen LogP contribution in [0.5, 0.6) is 0 Å². The van der Waals surface area contributed by atoms with E-state index in [1.54, 1.807) is 0 Å². The summed E-state index contributed by atoms with van der Waals surface area (Å²) in [6.45, 7) is 1.82. The first-order chi connectivity index (χ1) is 9.15. The van der Waals surface area contributed by atoms with E-state index >= 15 is 0 Å². The van der Waals surface area contributed by atoms with Gasteiger partial charge in [0.15, 0.2) is 5.82 Å². The fourth-order valence-electron chi connectivity index (χ4n) is 1.68. The normalized spacial score (nSPS) is 12.1. The molecular formula is C12H14BrN5O. The van der Waals surface area contributed by atoms with Gasteiger partial charge in [0.1, 0.15) is 0 Å². The minimum atomic E-state index is -0.242. The third-order valence-corrected chi connectivity index (χ3v) is 3.15. The highest BCUT2D eigenvalue weighted by Gasteiger charge is 2.13. The number of H-pyrrole nitrogens is 1. The highest BCUT2D eigenvalue weighted by molar-refractivity contribution is 9.10. The first-order valence-electron chi connectivity index (χ1n) is 5.92. The third-order valence-electron chi connectivity index (χ3n) is 2.66. The number of rotatable bonds is 5. The van der Waals surface area contributed by atoms with Crippen molar-refractivity contribution >= 4 is 21.8 Å². The Morgan fingerprint density at radius 1 is 1.53 bits per heavy atom. The topological polar surface area (TPSA) is 83.6 Å². The number of aromatic amines is 1. The van der Waals surface area contributed by atoms with Crippen molar-refractivity contribution in [1.29, 1.82) is 0 Å². The quantitative estimate of drug-likeness (QED) is 0.878. The fraction of sp³-hybridized carbons (Fsp3) is 0.333. The molecule has 0 radical (unpaired) electrons. The number of halogens is 1. The van der Waals surface area contributed by atoms with Gasteiger partial charge in [-0.15, -0.1) is 10.2 Å². The molecule has 1 unspecified atom stereocenters. The van der Waals surface area contributed by atoms with E-state index in [4.69, 9.17) is 0 Å². The lowest BCUT2D eigenvalue weighted by atomic mass is 10.1. The van der Waals surface area contributed by atoms with Crippen LogP contribution in [0.15, 0.2) is 28.7 Å². The minimum absolute atomic E-state index is 0.0303. The van der Waals surface area contributed by atoms with Gasteiger partial charge in [-0.05, 0) is 31.0 Å². The number of amides is 1. The molecule has 0 fully saturated rings. The number of hydrogen-bond donors (Lipinski definition) is 2. The van der Waals surface area contributed by atoms with Crippen molar-refractivity contribution in [3.05, 3.63) is 40.1 Å². The van der Waals surface area contributed by atoms with Crippen LogP contribution in [0.4, 0.5) is 0 Å². The van der Waals surface area contributed by atoms with E-state index < -0.39 is 0 Å². The van der Waals surface area contributed by atoms with Crippen LogP contribution in [0.25, 0.3) is 0 Å². The summed E-state index contributed by atoms with van der Waals surface area (Å²) >= 11 is 3.41. The lowest BCUT2D eigenvalue weighted by Gasteiger charge is -2.09. The Hall–Kier alpha value is -1.76. The summed E-state index contributed by atoms with van der Waals surface area (Å²) in [4.78, 5) is 11.8. The number of carbonyl (C=O) groups excluding carboxylic acids is 1. The number of nitrogens with one attached hydrogen (secondary N) is 2. The smallest absolute Gasteiger partial charge is 0.220 e. The van der Waals surface area contributed by atoms with Crippen LogP contribution in [-0.4, -0.2) is 26.5 Å². The molecular weight excluding hydrogens is 310 g/mol. The molecule has 1 heterocycles. The molecule has 2 N–H and O–H groups in total. The van der Waals surface area contributed by atoms with Crippen LogP contribution in [0.2, 0.25) is 0 Å². The van der Waals surface area contributed by atoms with Gasteiger partial charge in [0.25, 0.3) is 0 Å². The molecule has 0 spiro atoms. The number of hydrogen-bond acceptors (Lipinski definition) is 4. The Kier molecular flexibility index (Phi) is 4.62. The average molecular weight is 324 g/mol. The number of benzene rings is 1. The molecule has 1 atom stereocenters. The van der Waals surface area contributed by atoms with Crippen LogP contribution in [-0.2, 0) is 11.2 Å². The molecule has 0 aliphatic carbocycles. The standard InChI is InChI=1S/C12H14BrN5O/c1-8(12-15-17-18-16-12)14-11(19)6-5-9-3-2-4-10(13)7-9/h2-4,7-8H,5-6H2,1H3,(H,14,19)(H,15,16,17,18). The second-order valence-electron chi connectivity index (χ2n) is 4.19. The van der Waals surface area contributed by atoms with Gasteiger partial charge in [0, 0.05) is 10.9 Å². The van der Waals surface area contributed by atoms with Crippen LogP contribution in [0, 0.1) is 0 Å². The lowest BCUT2D eigenvalue weighted by Crippen LogP contribution is -2.27. The van der Waals surface area contributed by atoms with Crippen molar-refractivity contribution < 1.29 is 4.79 Å². The van der Waals surface area contributed by atoms with Crippen molar-refractivity contribution in [3.8, 4) is 0 Å². The lowest BCUT2D eigenvalue weighted by molar-refractivity contribution is -0.121. The summed E-state index contributed by atoms with van der Waals surface area (Å²) in [5, 5.41) is 16.3. The molecule has 0 aliphatic rings. The van der Waals surface area contributed by atoms with E-state index in [1.165, 1.54) is 0 Å². The second-order valence-corrected chi connectivity index (χ2v) is 5.10. The van der Waals surface area contributed by atoms with Gasteiger partial charge in [-0.2, -0.15) is 5.21 Å². The van der Waals surface area contributed by atoms with Crippen LogP contribution < -0.4 is 5.32 Å². The number of aromatic nitrogens is 4. The molecule has 1 aromatic heterocycles. The predicted molar refractivity (Wildman–Crippen MR) is 73.2 cm³/mol. The highest BCUT2D eigenvalue weighted by Crippen LogP contribution is 2.13. The van der Waals surface area contributed by atoms with E-state index in [0.29, 0.717) is 18.7 Å². The van der Waals surface area contributed by atoms with Gasteiger partial charge >= 0.3 is 0 Å². The molecule has 0 aliphatic heterocycles. The van der Waals surface area contributed by atoms with Gasteiger partial charge in [0.2, 0.25) is 5.91 Å². The van der Waals surface area contributed by atoms with Crippen molar-refractivity contribution in [1.82, 2.24) is 25.9 Å². The van der Waals surface area contributed by atoms with Crippen molar-refractivity contribution in [3.63, 3.8) is 0 Å². The summed E-state index contributed by atoms with van der Waals surface area (Å²) in [6.07, 6.45) is 1.13. The molecule has 0 saturated carbocycles. The van der Waals surface area contributed by atoms with E-state index in [-0.39, 0.29) is 11.9 Å². The first-order valence-corrected chi connectivity index (χ1v) is 6.71. The molecule has 6 nitrogen and oxygen atoms in total. The predicted octanol–water partition coefficient (Wildman–Crippen LogP) is 1.77. The molecule has 7 heteroatoms. The highest BCUT2D eigenvalue weighted by atomic mass is 79.9. The summed E-state index contributed by atoms with van der Waals surface area (Å²) in [7, 11) is 0. The van der Waals surface area contributed by atoms with Gasteiger partial charge < -0.3 is 5.32 Å². The summed E-state index contributed by atoms with van der Waals surface area (Å²) in [6, 6.07) is 7.69. The zero-order valence-electron chi connectivity index (χ0n) is 10.4.